The Hall–Kier alpha value is -2.71. The van der Waals surface area contributed by atoms with Gasteiger partial charge in [0.05, 0.1) is 4.90 Å². The van der Waals surface area contributed by atoms with Crippen molar-refractivity contribution in [2.75, 3.05) is 0 Å². The van der Waals surface area contributed by atoms with E-state index in [1.807, 2.05) is 37.3 Å². The molecule has 3 rings (SSSR count). The second-order valence-electron chi connectivity index (χ2n) is 6.38. The molecule has 0 aliphatic heterocycles. The fourth-order valence-electron chi connectivity index (χ4n) is 2.65. The van der Waals surface area contributed by atoms with E-state index in [1.165, 1.54) is 24.5 Å². The Labute approximate surface area is 178 Å². The largest absolute Gasteiger partial charge is 0.445 e. The molecule has 2 aromatic carbocycles. The molecule has 0 saturated heterocycles. The van der Waals surface area contributed by atoms with Crippen LogP contribution in [0.5, 0.6) is 0 Å². The molecule has 3 aromatic rings. The first-order valence-electron chi connectivity index (χ1n) is 8.74. The van der Waals surface area contributed by atoms with Crippen LogP contribution in [-0.4, -0.2) is 19.5 Å². The predicted molar refractivity (Wildman–Crippen MR) is 113 cm³/mol. The molecule has 150 valence electrons. The zero-order chi connectivity index (χ0) is 20.9. The minimum absolute atomic E-state index is 0.0285. The van der Waals surface area contributed by atoms with Crippen molar-refractivity contribution in [2.24, 2.45) is 0 Å². The monoisotopic (exact) mass is 474 g/mol. The summed E-state index contributed by atoms with van der Waals surface area (Å²) in [5.74, 6) is 0. The van der Waals surface area contributed by atoms with Gasteiger partial charge in [-0.25, -0.2) is 13.2 Å². The van der Waals surface area contributed by atoms with Gasteiger partial charge in [0.25, 0.3) is 0 Å². The van der Waals surface area contributed by atoms with Crippen LogP contribution in [0.15, 0.2) is 82.4 Å². The topological polar surface area (TPSA) is 85.4 Å². The number of aromatic nitrogens is 1. The van der Waals surface area contributed by atoms with Crippen LogP contribution in [0.1, 0.15) is 22.1 Å². The maximum atomic E-state index is 13.3. The normalized spacial score (nSPS) is 12.2. The summed E-state index contributed by atoms with van der Waals surface area (Å²) in [7, 11) is -3.94. The molecule has 6 nitrogen and oxygen atoms in total. The quantitative estimate of drug-likeness (QED) is 0.566. The summed E-state index contributed by atoms with van der Waals surface area (Å²) in [4.78, 5) is 16.5. The first-order chi connectivity index (χ1) is 13.9. The number of nitrogens with zero attached hydrogens (tertiary/aromatic N) is 1. The summed E-state index contributed by atoms with van der Waals surface area (Å²) in [6.07, 6.45) is 2.10. The molecule has 1 aromatic heterocycles. The third-order valence-corrected chi connectivity index (χ3v) is 6.52. The summed E-state index contributed by atoms with van der Waals surface area (Å²) in [6.45, 7) is 1.89. The van der Waals surface area contributed by atoms with Crippen molar-refractivity contribution in [3.05, 3.63) is 94.2 Å². The number of amides is 1. The number of nitrogens with one attached hydrogen (secondary N) is 1. The van der Waals surface area contributed by atoms with Crippen LogP contribution in [0.4, 0.5) is 4.79 Å². The Morgan fingerprint density at radius 2 is 1.79 bits per heavy atom. The number of sulfone groups is 1. The minimum Gasteiger partial charge on any atom is -0.445 e. The Morgan fingerprint density at radius 3 is 2.45 bits per heavy atom. The Bertz CT molecular complexity index is 1090. The molecule has 8 heteroatoms. The summed E-state index contributed by atoms with van der Waals surface area (Å²) in [5, 5.41) is 1.13. The number of carbonyl (C=O) groups is 1. The molecule has 29 heavy (non-hydrogen) atoms. The minimum atomic E-state index is -3.94. The van der Waals surface area contributed by atoms with Crippen molar-refractivity contribution in [1.82, 2.24) is 10.3 Å². The number of carbonyl (C=O) groups excluding carboxylic acids is 1. The molecular weight excluding hydrogens is 456 g/mol. The second-order valence-corrected chi connectivity index (χ2v) is 9.33. The van der Waals surface area contributed by atoms with Gasteiger partial charge in [0, 0.05) is 22.4 Å². The van der Waals surface area contributed by atoms with Crippen molar-refractivity contribution in [3.8, 4) is 0 Å². The highest BCUT2D eigenvalue weighted by molar-refractivity contribution is 9.10. The maximum absolute atomic E-state index is 13.3. The Kier molecular flexibility index (Phi) is 6.66. The van der Waals surface area contributed by atoms with Crippen LogP contribution < -0.4 is 5.32 Å². The third kappa shape index (κ3) is 5.42. The number of alkyl carbamates (subject to hydrolysis) is 1. The van der Waals surface area contributed by atoms with E-state index in [2.05, 4.69) is 26.2 Å². The average Bonchev–Trinajstić information content (AvgIpc) is 2.71. The smallest absolute Gasteiger partial charge is 0.408 e. The van der Waals surface area contributed by atoms with Gasteiger partial charge in [-0.1, -0.05) is 48.0 Å². The van der Waals surface area contributed by atoms with Gasteiger partial charge in [-0.05, 0) is 46.6 Å². The van der Waals surface area contributed by atoms with Gasteiger partial charge in [-0.2, -0.15) is 0 Å². The zero-order valence-electron chi connectivity index (χ0n) is 15.6. The van der Waals surface area contributed by atoms with E-state index in [1.54, 1.807) is 18.2 Å². The van der Waals surface area contributed by atoms with Crippen molar-refractivity contribution in [2.45, 2.75) is 23.8 Å². The number of benzene rings is 2. The van der Waals surface area contributed by atoms with E-state index in [4.69, 9.17) is 4.74 Å². The summed E-state index contributed by atoms with van der Waals surface area (Å²) >= 11 is 3.29. The molecule has 0 fully saturated rings. The highest BCUT2D eigenvalue weighted by Crippen LogP contribution is 2.28. The van der Waals surface area contributed by atoms with Gasteiger partial charge in [0.15, 0.2) is 5.37 Å². The highest BCUT2D eigenvalue weighted by atomic mass is 79.9. The first-order valence-corrected chi connectivity index (χ1v) is 11.1. The number of halogens is 1. The summed E-state index contributed by atoms with van der Waals surface area (Å²) in [6, 6.07) is 17.2. The maximum Gasteiger partial charge on any atom is 0.408 e. The van der Waals surface area contributed by atoms with Crippen molar-refractivity contribution >= 4 is 31.9 Å². The lowest BCUT2D eigenvalue weighted by molar-refractivity contribution is 0.138. The molecule has 1 unspecified atom stereocenters. The van der Waals surface area contributed by atoms with E-state index in [-0.39, 0.29) is 11.5 Å². The predicted octanol–water partition coefficient (Wildman–Crippen LogP) is 4.55. The van der Waals surface area contributed by atoms with E-state index in [9.17, 15) is 13.2 Å². The van der Waals surface area contributed by atoms with Crippen LogP contribution >= 0.6 is 15.9 Å². The van der Waals surface area contributed by atoms with Gasteiger partial charge in [0.1, 0.15) is 6.61 Å². The van der Waals surface area contributed by atoms with Crippen LogP contribution in [0, 0.1) is 6.92 Å². The number of hydrogen-bond donors (Lipinski definition) is 1. The Morgan fingerprint density at radius 1 is 1.10 bits per heavy atom. The molecule has 0 saturated carbocycles. The SMILES string of the molecule is Cc1ccc(S(=O)(=O)C(NC(=O)OCc2ccccc2)c2cncc(Br)c2)cc1. The number of ether oxygens (including phenoxy) is 1. The number of hydrogen-bond acceptors (Lipinski definition) is 5. The Balaban J connectivity index is 1.87. The van der Waals surface area contributed by atoms with E-state index in [0.29, 0.717) is 10.0 Å². The fraction of sp³-hybridized carbons (Fsp3) is 0.143. The van der Waals surface area contributed by atoms with E-state index >= 15 is 0 Å². The van der Waals surface area contributed by atoms with Crippen molar-refractivity contribution in [3.63, 3.8) is 0 Å². The van der Waals surface area contributed by atoms with E-state index in [0.717, 1.165) is 11.1 Å². The average molecular weight is 475 g/mol. The zero-order valence-corrected chi connectivity index (χ0v) is 18.0. The molecule has 1 amide bonds. The van der Waals surface area contributed by atoms with Gasteiger partial charge < -0.3 is 10.1 Å². The molecule has 0 aliphatic rings. The molecule has 0 spiro atoms. The number of pyridine rings is 1. The lowest BCUT2D eigenvalue weighted by atomic mass is 10.2. The summed E-state index contributed by atoms with van der Waals surface area (Å²) in [5.41, 5.74) is 2.04. The number of rotatable bonds is 6. The van der Waals surface area contributed by atoms with Gasteiger partial charge in [-0.15, -0.1) is 0 Å². The third-order valence-electron chi connectivity index (χ3n) is 4.15. The van der Waals surface area contributed by atoms with Crippen molar-refractivity contribution in [1.29, 1.82) is 0 Å². The molecule has 0 radical (unpaired) electrons. The van der Waals surface area contributed by atoms with Crippen molar-refractivity contribution < 1.29 is 17.9 Å². The standard InChI is InChI=1S/C21H19BrN2O4S/c1-15-7-9-19(10-8-15)29(26,27)20(17-11-18(22)13-23-12-17)24-21(25)28-14-16-5-3-2-4-6-16/h2-13,20H,14H2,1H3,(H,24,25). The molecule has 1 N–H and O–H groups in total. The lowest BCUT2D eigenvalue weighted by Gasteiger charge is -2.20. The molecule has 0 aliphatic carbocycles. The van der Waals surface area contributed by atoms with Crippen LogP contribution in [0.25, 0.3) is 0 Å². The van der Waals surface area contributed by atoms with Gasteiger partial charge in [-0.3, -0.25) is 4.98 Å². The second kappa shape index (κ2) is 9.19. The molecular formula is C21H19BrN2O4S. The lowest BCUT2D eigenvalue weighted by Crippen LogP contribution is -2.34. The van der Waals surface area contributed by atoms with Crippen LogP contribution in [-0.2, 0) is 21.2 Å². The molecule has 0 bridgehead atoms. The van der Waals surface area contributed by atoms with E-state index < -0.39 is 21.3 Å². The summed E-state index contributed by atoms with van der Waals surface area (Å²) < 4.78 is 32.3. The van der Waals surface area contributed by atoms with Gasteiger partial charge in [0.2, 0.25) is 9.84 Å². The first kappa shape index (κ1) is 21.0. The molecule has 1 heterocycles. The number of aryl methyl sites for hydroxylation is 1. The van der Waals surface area contributed by atoms with Crippen LogP contribution in [0.2, 0.25) is 0 Å². The molecule has 1 atom stereocenters. The van der Waals surface area contributed by atoms with Gasteiger partial charge >= 0.3 is 6.09 Å². The van der Waals surface area contributed by atoms with Crippen LogP contribution in [0.3, 0.4) is 0 Å². The fourth-order valence-corrected chi connectivity index (χ4v) is 4.56. The highest BCUT2D eigenvalue weighted by Gasteiger charge is 2.31.